The summed E-state index contributed by atoms with van der Waals surface area (Å²) in [5, 5.41) is 1.65. The first kappa shape index (κ1) is 14.8. The van der Waals surface area contributed by atoms with Crippen molar-refractivity contribution in [3.05, 3.63) is 30.3 Å². The van der Waals surface area contributed by atoms with Crippen molar-refractivity contribution in [2.24, 2.45) is 5.41 Å². The fraction of sp³-hybridized carbons (Fsp3) is 0.647. The molecule has 1 aromatic carbocycles. The van der Waals surface area contributed by atoms with Crippen LogP contribution in [-0.2, 0) is 4.74 Å². The Morgan fingerprint density at radius 3 is 2.37 bits per heavy atom. The molecule has 0 spiro atoms. The molecule has 2 heteroatoms. The van der Waals surface area contributed by atoms with Crippen molar-refractivity contribution < 1.29 is 4.74 Å². The zero-order chi connectivity index (χ0) is 13.8. The Kier molecular flexibility index (Phi) is 4.85. The minimum atomic E-state index is -1.25. The Morgan fingerprint density at radius 1 is 1.16 bits per heavy atom. The Morgan fingerprint density at radius 2 is 1.84 bits per heavy atom. The Bertz CT molecular complexity index is 386. The van der Waals surface area contributed by atoms with Gasteiger partial charge in [-0.05, 0) is 6.42 Å². The lowest BCUT2D eigenvalue weighted by Gasteiger charge is -2.39. The summed E-state index contributed by atoms with van der Waals surface area (Å²) in [6.07, 6.45) is 4.03. The standard InChI is InChI=1S/C17H28OSi/c1-4-12-19(3,16-9-6-5-7-10-16)13-8-11-17(2)14-18-15-17/h5-7,9-10H,4,8,11-15H2,1-3H3. The van der Waals surface area contributed by atoms with Gasteiger partial charge in [-0.15, -0.1) is 0 Å². The van der Waals surface area contributed by atoms with E-state index >= 15 is 0 Å². The molecule has 1 saturated heterocycles. The van der Waals surface area contributed by atoms with Gasteiger partial charge in [0, 0.05) is 5.41 Å². The molecule has 0 aliphatic carbocycles. The largest absolute Gasteiger partial charge is 0.380 e. The molecule has 2 rings (SSSR count). The van der Waals surface area contributed by atoms with Gasteiger partial charge < -0.3 is 4.74 Å². The molecular formula is C17H28OSi. The maximum atomic E-state index is 5.36. The van der Waals surface area contributed by atoms with Crippen molar-refractivity contribution in [2.75, 3.05) is 13.2 Å². The highest BCUT2D eigenvalue weighted by atomic mass is 28.3. The predicted molar refractivity (Wildman–Crippen MR) is 85.8 cm³/mol. The average Bonchev–Trinajstić information content (AvgIpc) is 2.38. The quantitative estimate of drug-likeness (QED) is 0.678. The molecule has 0 aromatic heterocycles. The van der Waals surface area contributed by atoms with Crippen LogP contribution in [0.15, 0.2) is 30.3 Å². The summed E-state index contributed by atoms with van der Waals surface area (Å²) < 4.78 is 5.36. The van der Waals surface area contributed by atoms with E-state index in [0.29, 0.717) is 5.41 Å². The van der Waals surface area contributed by atoms with Crippen LogP contribution in [0.4, 0.5) is 0 Å². The molecular weight excluding hydrogens is 248 g/mol. The van der Waals surface area contributed by atoms with Crippen LogP contribution in [0.5, 0.6) is 0 Å². The zero-order valence-electron chi connectivity index (χ0n) is 12.7. The van der Waals surface area contributed by atoms with E-state index in [1.807, 2.05) is 0 Å². The zero-order valence-corrected chi connectivity index (χ0v) is 13.7. The summed E-state index contributed by atoms with van der Waals surface area (Å²) >= 11 is 0. The van der Waals surface area contributed by atoms with Crippen LogP contribution in [0.2, 0.25) is 18.6 Å². The maximum Gasteiger partial charge on any atom is 0.0836 e. The molecule has 1 atom stereocenters. The van der Waals surface area contributed by atoms with Crippen LogP contribution >= 0.6 is 0 Å². The van der Waals surface area contributed by atoms with E-state index in [1.54, 1.807) is 5.19 Å². The van der Waals surface area contributed by atoms with Gasteiger partial charge in [-0.25, -0.2) is 0 Å². The second-order valence-corrected chi connectivity index (χ2v) is 11.5. The lowest BCUT2D eigenvalue weighted by Crippen LogP contribution is -2.45. The van der Waals surface area contributed by atoms with Crippen LogP contribution in [-0.4, -0.2) is 21.3 Å². The summed E-state index contributed by atoms with van der Waals surface area (Å²) in [5.74, 6) is 0. The van der Waals surface area contributed by atoms with Crippen LogP contribution in [0.1, 0.15) is 33.1 Å². The van der Waals surface area contributed by atoms with Crippen molar-refractivity contribution >= 4 is 13.3 Å². The Balaban J connectivity index is 1.95. The van der Waals surface area contributed by atoms with Gasteiger partial charge in [-0.1, -0.05) is 80.8 Å². The van der Waals surface area contributed by atoms with Crippen molar-refractivity contribution in [1.82, 2.24) is 0 Å². The first-order valence-electron chi connectivity index (χ1n) is 7.71. The number of hydrogen-bond acceptors (Lipinski definition) is 1. The third kappa shape index (κ3) is 3.70. The van der Waals surface area contributed by atoms with E-state index in [4.69, 9.17) is 4.74 Å². The first-order chi connectivity index (χ1) is 9.08. The minimum absolute atomic E-state index is 0.484. The van der Waals surface area contributed by atoms with Gasteiger partial charge in [0.1, 0.15) is 0 Å². The van der Waals surface area contributed by atoms with Crippen LogP contribution < -0.4 is 5.19 Å². The molecule has 0 bridgehead atoms. The molecule has 0 N–H and O–H groups in total. The second-order valence-electron chi connectivity index (χ2n) is 6.83. The highest BCUT2D eigenvalue weighted by Gasteiger charge is 2.34. The molecule has 1 unspecified atom stereocenters. The first-order valence-corrected chi connectivity index (χ1v) is 10.6. The SMILES string of the molecule is CCC[Si](C)(CCCC1(C)COC1)c1ccccc1. The monoisotopic (exact) mass is 276 g/mol. The molecule has 1 aliphatic rings. The van der Waals surface area contributed by atoms with E-state index < -0.39 is 8.07 Å². The number of rotatable bonds is 7. The average molecular weight is 276 g/mol. The van der Waals surface area contributed by atoms with Crippen LogP contribution in [0.3, 0.4) is 0 Å². The molecule has 1 nitrogen and oxygen atoms in total. The minimum Gasteiger partial charge on any atom is -0.380 e. The van der Waals surface area contributed by atoms with Crippen molar-refractivity contribution in [3.63, 3.8) is 0 Å². The van der Waals surface area contributed by atoms with Gasteiger partial charge in [0.15, 0.2) is 0 Å². The molecule has 1 fully saturated rings. The maximum absolute atomic E-state index is 5.36. The molecule has 1 aliphatic heterocycles. The number of hydrogen-bond donors (Lipinski definition) is 0. The molecule has 1 heterocycles. The van der Waals surface area contributed by atoms with Crippen molar-refractivity contribution in [3.8, 4) is 0 Å². The second kappa shape index (κ2) is 6.23. The van der Waals surface area contributed by atoms with E-state index in [-0.39, 0.29) is 0 Å². The summed E-state index contributed by atoms with van der Waals surface area (Å²) in [7, 11) is -1.25. The summed E-state index contributed by atoms with van der Waals surface area (Å²) in [6, 6.07) is 14.1. The number of ether oxygens (including phenoxy) is 1. The molecule has 19 heavy (non-hydrogen) atoms. The lowest BCUT2D eigenvalue weighted by molar-refractivity contribution is -0.105. The summed E-state index contributed by atoms with van der Waals surface area (Å²) in [4.78, 5) is 0. The topological polar surface area (TPSA) is 9.23 Å². The Hall–Kier alpha value is -0.603. The third-order valence-electron chi connectivity index (χ3n) is 4.68. The van der Waals surface area contributed by atoms with Gasteiger partial charge >= 0.3 is 0 Å². The van der Waals surface area contributed by atoms with Crippen LogP contribution in [0.25, 0.3) is 0 Å². The van der Waals surface area contributed by atoms with E-state index in [0.717, 1.165) is 13.2 Å². The molecule has 1 aromatic rings. The van der Waals surface area contributed by atoms with E-state index in [9.17, 15) is 0 Å². The fourth-order valence-corrected chi connectivity index (χ4v) is 7.19. The smallest absolute Gasteiger partial charge is 0.0836 e. The number of benzene rings is 1. The van der Waals surface area contributed by atoms with Gasteiger partial charge in [-0.3, -0.25) is 0 Å². The third-order valence-corrected chi connectivity index (χ3v) is 9.47. The predicted octanol–water partition coefficient (Wildman–Crippen LogP) is 4.20. The molecule has 0 saturated carbocycles. The highest BCUT2D eigenvalue weighted by Crippen LogP contribution is 2.34. The van der Waals surface area contributed by atoms with Gasteiger partial charge in [0.2, 0.25) is 0 Å². The van der Waals surface area contributed by atoms with Crippen molar-refractivity contribution in [1.29, 1.82) is 0 Å². The fourth-order valence-electron chi connectivity index (χ4n) is 3.31. The van der Waals surface area contributed by atoms with E-state index in [1.165, 1.54) is 31.4 Å². The van der Waals surface area contributed by atoms with E-state index in [2.05, 4.69) is 50.7 Å². The summed E-state index contributed by atoms with van der Waals surface area (Å²) in [6.45, 7) is 9.23. The van der Waals surface area contributed by atoms with Crippen LogP contribution in [0, 0.1) is 5.41 Å². The Labute approximate surface area is 119 Å². The van der Waals surface area contributed by atoms with Gasteiger partial charge in [-0.2, -0.15) is 0 Å². The van der Waals surface area contributed by atoms with Gasteiger partial charge in [0.25, 0.3) is 0 Å². The van der Waals surface area contributed by atoms with Gasteiger partial charge in [0.05, 0.1) is 21.3 Å². The molecule has 0 amide bonds. The highest BCUT2D eigenvalue weighted by molar-refractivity contribution is 6.90. The van der Waals surface area contributed by atoms with Crippen molar-refractivity contribution in [2.45, 2.75) is 51.7 Å². The lowest BCUT2D eigenvalue weighted by atomic mass is 9.84. The normalized spacial score (nSPS) is 20.6. The summed E-state index contributed by atoms with van der Waals surface area (Å²) in [5.41, 5.74) is 0.484. The molecule has 0 radical (unpaired) electrons. The molecule has 106 valence electrons.